The maximum atomic E-state index is 11.5. The third-order valence-corrected chi connectivity index (χ3v) is 4.21. The van der Waals surface area contributed by atoms with Crippen LogP contribution in [0.3, 0.4) is 0 Å². The summed E-state index contributed by atoms with van der Waals surface area (Å²) in [5, 5.41) is 19.4. The Morgan fingerprint density at radius 1 is 1.32 bits per heavy atom. The van der Waals surface area contributed by atoms with Crippen LogP contribution in [0.4, 0.5) is 0 Å². The highest BCUT2D eigenvalue weighted by molar-refractivity contribution is 7.16. The third kappa shape index (κ3) is 2.19. The van der Waals surface area contributed by atoms with E-state index in [-0.39, 0.29) is 16.2 Å². The predicted octanol–water partition coefficient (Wildman–Crippen LogP) is 2.28. The minimum absolute atomic E-state index is 0.0986. The summed E-state index contributed by atoms with van der Waals surface area (Å²) in [5.41, 5.74) is 1.32. The second kappa shape index (κ2) is 5.15. The molecule has 0 aliphatic carbocycles. The van der Waals surface area contributed by atoms with Crippen molar-refractivity contribution in [2.75, 3.05) is 7.11 Å². The zero-order valence-electron chi connectivity index (χ0n) is 11.3. The fourth-order valence-electron chi connectivity index (χ4n) is 2.05. The first-order valence-corrected chi connectivity index (χ1v) is 6.95. The maximum absolute atomic E-state index is 11.5. The second-order valence-corrected chi connectivity index (χ2v) is 5.44. The summed E-state index contributed by atoms with van der Waals surface area (Å²) in [6.45, 7) is 0. The number of carboxylic acids is 1. The van der Waals surface area contributed by atoms with E-state index >= 15 is 0 Å². The van der Waals surface area contributed by atoms with Crippen molar-refractivity contribution in [2.24, 2.45) is 0 Å². The number of esters is 1. The molecule has 3 aromatic rings. The van der Waals surface area contributed by atoms with Crippen molar-refractivity contribution in [1.29, 1.82) is 0 Å². The number of aromatic carboxylic acids is 1. The van der Waals surface area contributed by atoms with E-state index in [1.165, 1.54) is 31.6 Å². The molecule has 1 aromatic carbocycles. The van der Waals surface area contributed by atoms with Crippen LogP contribution < -0.4 is 0 Å². The molecule has 0 aliphatic heterocycles. The summed E-state index contributed by atoms with van der Waals surface area (Å²) in [6.07, 6.45) is 1.50. The zero-order chi connectivity index (χ0) is 15.9. The van der Waals surface area contributed by atoms with Gasteiger partial charge in [0.05, 0.1) is 23.7 Å². The minimum atomic E-state index is -1.03. The third-order valence-electron chi connectivity index (χ3n) is 3.10. The summed E-state index contributed by atoms with van der Waals surface area (Å²) in [7, 11) is 1.24. The van der Waals surface area contributed by atoms with E-state index < -0.39 is 11.9 Å². The molecular formula is C14H10N2O5S. The first kappa shape index (κ1) is 14.1. The Kier molecular flexibility index (Phi) is 3.30. The van der Waals surface area contributed by atoms with Crippen molar-refractivity contribution in [3.63, 3.8) is 0 Å². The van der Waals surface area contributed by atoms with E-state index in [0.29, 0.717) is 16.0 Å². The molecule has 0 atom stereocenters. The van der Waals surface area contributed by atoms with Gasteiger partial charge in [-0.15, -0.1) is 11.3 Å². The van der Waals surface area contributed by atoms with Crippen LogP contribution >= 0.6 is 11.3 Å². The van der Waals surface area contributed by atoms with Gasteiger partial charge in [0.1, 0.15) is 17.1 Å². The quantitative estimate of drug-likeness (QED) is 0.718. The lowest BCUT2D eigenvalue weighted by atomic mass is 10.2. The minimum Gasteiger partial charge on any atom is -0.506 e. The molecule has 0 aliphatic rings. The Labute approximate surface area is 128 Å². The summed E-state index contributed by atoms with van der Waals surface area (Å²) in [6, 6.07) is 5.99. The van der Waals surface area contributed by atoms with E-state index in [0.717, 1.165) is 11.3 Å². The van der Waals surface area contributed by atoms with E-state index in [2.05, 4.69) is 9.72 Å². The van der Waals surface area contributed by atoms with Crippen molar-refractivity contribution in [2.45, 2.75) is 0 Å². The number of hydrogen-bond acceptors (Lipinski definition) is 6. The molecule has 2 heterocycles. The van der Waals surface area contributed by atoms with Crippen molar-refractivity contribution >= 4 is 34.3 Å². The molecule has 112 valence electrons. The van der Waals surface area contributed by atoms with Gasteiger partial charge in [-0.25, -0.2) is 14.6 Å². The van der Waals surface area contributed by atoms with Gasteiger partial charge in [0.25, 0.3) is 0 Å². The van der Waals surface area contributed by atoms with E-state index in [9.17, 15) is 14.7 Å². The van der Waals surface area contributed by atoms with Gasteiger partial charge in [-0.3, -0.25) is 4.57 Å². The van der Waals surface area contributed by atoms with Gasteiger partial charge in [0, 0.05) is 6.07 Å². The topological polar surface area (TPSA) is 102 Å². The van der Waals surface area contributed by atoms with Crippen LogP contribution in [0.2, 0.25) is 0 Å². The van der Waals surface area contributed by atoms with Crippen molar-refractivity contribution in [3.05, 3.63) is 41.0 Å². The van der Waals surface area contributed by atoms with E-state index in [4.69, 9.17) is 5.11 Å². The van der Waals surface area contributed by atoms with Crippen LogP contribution in [0, 0.1) is 0 Å². The summed E-state index contributed by atoms with van der Waals surface area (Å²) in [5.74, 6) is -1.82. The number of ether oxygens (including phenoxy) is 1. The Balaban J connectivity index is 2.11. The largest absolute Gasteiger partial charge is 0.506 e. The van der Waals surface area contributed by atoms with Gasteiger partial charge in [0.2, 0.25) is 0 Å². The lowest BCUT2D eigenvalue weighted by Crippen LogP contribution is -1.97. The zero-order valence-corrected chi connectivity index (χ0v) is 12.1. The summed E-state index contributed by atoms with van der Waals surface area (Å²) >= 11 is 1.06. The molecule has 0 unspecified atom stereocenters. The van der Waals surface area contributed by atoms with Crippen LogP contribution in [0.25, 0.3) is 16.0 Å². The van der Waals surface area contributed by atoms with Crippen LogP contribution in [0.1, 0.15) is 20.0 Å². The van der Waals surface area contributed by atoms with Gasteiger partial charge < -0.3 is 14.9 Å². The average Bonchev–Trinajstić information content (AvgIpc) is 3.08. The Morgan fingerprint density at radius 2 is 2.09 bits per heavy atom. The number of methoxy groups -OCH3 is 1. The Bertz CT molecular complexity index is 896. The number of rotatable bonds is 3. The van der Waals surface area contributed by atoms with E-state index in [1.807, 2.05) is 0 Å². The Morgan fingerprint density at radius 3 is 2.77 bits per heavy atom. The van der Waals surface area contributed by atoms with Crippen molar-refractivity contribution < 1.29 is 24.5 Å². The molecule has 0 saturated carbocycles. The van der Waals surface area contributed by atoms with Gasteiger partial charge >= 0.3 is 11.9 Å². The number of thiophene rings is 1. The number of hydrogen-bond donors (Lipinski definition) is 2. The van der Waals surface area contributed by atoms with Gasteiger partial charge in [-0.2, -0.15) is 0 Å². The molecule has 2 N–H and O–H groups in total. The number of nitrogens with zero attached hydrogens (tertiary/aromatic N) is 2. The molecule has 2 aromatic heterocycles. The number of imidazole rings is 1. The number of benzene rings is 1. The fourth-order valence-corrected chi connectivity index (χ4v) is 3.00. The molecule has 22 heavy (non-hydrogen) atoms. The molecule has 0 spiro atoms. The first-order valence-electron chi connectivity index (χ1n) is 6.13. The van der Waals surface area contributed by atoms with Crippen LogP contribution in [-0.4, -0.2) is 38.8 Å². The first-order chi connectivity index (χ1) is 10.5. The normalized spacial score (nSPS) is 10.8. The molecule has 0 saturated heterocycles. The molecule has 0 fully saturated rings. The van der Waals surface area contributed by atoms with Gasteiger partial charge in [-0.1, -0.05) is 0 Å². The van der Waals surface area contributed by atoms with Crippen molar-refractivity contribution in [3.8, 4) is 10.8 Å². The monoisotopic (exact) mass is 318 g/mol. The lowest BCUT2D eigenvalue weighted by molar-refractivity contribution is 0.0602. The molecule has 8 heteroatoms. The highest BCUT2D eigenvalue weighted by Gasteiger charge is 2.18. The SMILES string of the molecule is COC(=O)c1sc(-n2cnc3cc(C(=O)O)ccc32)cc1O. The predicted molar refractivity (Wildman–Crippen MR) is 78.9 cm³/mol. The molecule has 0 radical (unpaired) electrons. The summed E-state index contributed by atoms with van der Waals surface area (Å²) < 4.78 is 6.26. The average molecular weight is 318 g/mol. The standard InChI is InChI=1S/C14H10N2O5S/c1-21-14(20)12-10(17)5-11(22-12)16-6-15-8-4-7(13(18)19)2-3-9(8)16/h2-6,17H,1H3,(H,18,19). The maximum Gasteiger partial charge on any atom is 0.351 e. The number of carboxylic acid groups (broad SMARTS) is 1. The van der Waals surface area contributed by atoms with E-state index in [1.54, 1.807) is 10.6 Å². The van der Waals surface area contributed by atoms with Crippen molar-refractivity contribution in [1.82, 2.24) is 9.55 Å². The highest BCUT2D eigenvalue weighted by atomic mass is 32.1. The lowest BCUT2D eigenvalue weighted by Gasteiger charge is -2.00. The number of carbonyl (C=O) groups excluding carboxylic acids is 1. The second-order valence-electron chi connectivity index (χ2n) is 4.41. The number of aromatic nitrogens is 2. The summed E-state index contributed by atoms with van der Waals surface area (Å²) in [4.78, 5) is 26.7. The van der Waals surface area contributed by atoms with Gasteiger partial charge in [-0.05, 0) is 18.2 Å². The van der Waals surface area contributed by atoms with Gasteiger partial charge in [0.15, 0.2) is 4.88 Å². The van der Waals surface area contributed by atoms with Crippen LogP contribution in [-0.2, 0) is 4.74 Å². The van der Waals surface area contributed by atoms with Crippen LogP contribution in [0.15, 0.2) is 30.6 Å². The number of aromatic hydroxyl groups is 1. The number of fused-ring (bicyclic) bond motifs is 1. The molecule has 7 nitrogen and oxygen atoms in total. The molecule has 0 amide bonds. The molecular weight excluding hydrogens is 308 g/mol. The Hall–Kier alpha value is -2.87. The number of carbonyl (C=O) groups is 2. The molecule has 0 bridgehead atoms. The molecule has 3 rings (SSSR count). The highest BCUT2D eigenvalue weighted by Crippen LogP contribution is 2.33. The fraction of sp³-hybridized carbons (Fsp3) is 0.0714. The van der Waals surface area contributed by atoms with Crippen LogP contribution in [0.5, 0.6) is 5.75 Å². The smallest absolute Gasteiger partial charge is 0.351 e.